The number of nitrogens with one attached hydrogen (secondary N) is 1. The topological polar surface area (TPSA) is 66.0 Å². The van der Waals surface area contributed by atoms with Crippen LogP contribution >= 0.6 is 11.8 Å². The molecule has 0 aliphatic carbocycles. The third-order valence-corrected chi connectivity index (χ3v) is 5.74. The zero-order valence-corrected chi connectivity index (χ0v) is 18.1. The first-order chi connectivity index (χ1) is 13.9. The monoisotopic (exact) mass is 417 g/mol. The van der Waals surface area contributed by atoms with Crippen LogP contribution in [0.15, 0.2) is 41.3 Å². The van der Waals surface area contributed by atoms with Gasteiger partial charge >= 0.3 is 6.09 Å². The van der Waals surface area contributed by atoms with Crippen molar-refractivity contribution in [3.8, 4) is 17.2 Å². The fourth-order valence-electron chi connectivity index (χ4n) is 3.15. The van der Waals surface area contributed by atoms with Crippen LogP contribution in [-0.2, 0) is 10.3 Å². The average molecular weight is 418 g/mol. The minimum atomic E-state index is -0.641. The molecule has 0 radical (unpaired) electrons. The van der Waals surface area contributed by atoms with Gasteiger partial charge in [0.15, 0.2) is 11.5 Å². The van der Waals surface area contributed by atoms with Crippen molar-refractivity contribution < 1.29 is 23.7 Å². The minimum Gasteiger partial charge on any atom is -0.494 e. The number of amides is 1. The molecule has 0 aromatic heterocycles. The summed E-state index contributed by atoms with van der Waals surface area (Å²) in [6, 6.07) is 11.7. The number of hydrogen-bond donors (Lipinski definition) is 1. The number of unbranched alkanes of at least 4 members (excludes halogenated alkanes) is 1. The lowest BCUT2D eigenvalue weighted by Gasteiger charge is -2.32. The number of fused-ring (bicyclic) bond motifs is 1. The van der Waals surface area contributed by atoms with E-state index in [1.165, 1.54) is 0 Å². The van der Waals surface area contributed by atoms with Gasteiger partial charge in [-0.05, 0) is 62.8 Å². The number of carbonyl (C=O) groups excluding carboxylic acids is 1. The van der Waals surface area contributed by atoms with Crippen LogP contribution in [0.25, 0.3) is 0 Å². The summed E-state index contributed by atoms with van der Waals surface area (Å²) in [6.07, 6.45) is 1.53. The Morgan fingerprint density at radius 1 is 1.03 bits per heavy atom. The second-order valence-corrected chi connectivity index (χ2v) is 8.32. The standard InChI is InChI=1S/C22H27NO5S/c1-22(2)17-9-7-15(13-18(17)23-21(24)28-22)27-11-5-6-12-29-16-8-10-19(25-3)20(14-16)26-4/h7-10,13-14H,5-6,11-12H2,1-4H3,(H,23,24). The normalized spacial score (nSPS) is 14.4. The maximum atomic E-state index is 11.7. The van der Waals surface area contributed by atoms with Crippen molar-refractivity contribution in [3.63, 3.8) is 0 Å². The Bertz CT molecular complexity index is 868. The van der Waals surface area contributed by atoms with Crippen LogP contribution in [0.4, 0.5) is 10.5 Å². The predicted molar refractivity (Wildman–Crippen MR) is 115 cm³/mol. The van der Waals surface area contributed by atoms with Gasteiger partial charge in [-0.1, -0.05) is 0 Å². The second kappa shape index (κ2) is 9.31. The maximum absolute atomic E-state index is 11.7. The van der Waals surface area contributed by atoms with E-state index in [0.717, 1.165) is 52.0 Å². The molecule has 156 valence electrons. The van der Waals surface area contributed by atoms with Crippen LogP contribution in [0.1, 0.15) is 32.3 Å². The molecule has 0 atom stereocenters. The molecule has 0 fully saturated rings. The van der Waals surface area contributed by atoms with Gasteiger partial charge in [-0.3, -0.25) is 5.32 Å². The van der Waals surface area contributed by atoms with Crippen LogP contribution in [0.2, 0.25) is 0 Å². The Morgan fingerprint density at radius 2 is 1.83 bits per heavy atom. The van der Waals surface area contributed by atoms with Gasteiger partial charge in [0.1, 0.15) is 11.4 Å². The van der Waals surface area contributed by atoms with E-state index in [1.807, 2.05) is 50.2 Å². The molecule has 29 heavy (non-hydrogen) atoms. The fourth-order valence-corrected chi connectivity index (χ4v) is 4.09. The highest BCUT2D eigenvalue weighted by Crippen LogP contribution is 2.37. The molecule has 6 nitrogen and oxygen atoms in total. The summed E-state index contributed by atoms with van der Waals surface area (Å²) < 4.78 is 21.8. The Morgan fingerprint density at radius 3 is 2.59 bits per heavy atom. The fraction of sp³-hybridized carbons (Fsp3) is 0.409. The zero-order chi connectivity index (χ0) is 20.9. The molecule has 1 amide bonds. The highest BCUT2D eigenvalue weighted by Gasteiger charge is 2.33. The highest BCUT2D eigenvalue weighted by molar-refractivity contribution is 7.99. The number of ether oxygens (including phenoxy) is 4. The number of hydrogen-bond acceptors (Lipinski definition) is 6. The van der Waals surface area contributed by atoms with Crippen LogP contribution in [0.5, 0.6) is 17.2 Å². The van der Waals surface area contributed by atoms with E-state index >= 15 is 0 Å². The van der Waals surface area contributed by atoms with Crippen LogP contribution < -0.4 is 19.5 Å². The van der Waals surface area contributed by atoms with Gasteiger partial charge in [0.05, 0.1) is 26.5 Å². The molecule has 0 saturated carbocycles. The largest absolute Gasteiger partial charge is 0.494 e. The number of cyclic esters (lactones) is 1. The Balaban J connectivity index is 1.43. The van der Waals surface area contributed by atoms with Gasteiger partial charge in [-0.2, -0.15) is 0 Å². The van der Waals surface area contributed by atoms with Crippen molar-refractivity contribution in [2.24, 2.45) is 0 Å². The van der Waals surface area contributed by atoms with Crippen molar-refractivity contribution in [1.82, 2.24) is 0 Å². The molecule has 1 heterocycles. The molecule has 3 rings (SSSR count). The van der Waals surface area contributed by atoms with Crippen molar-refractivity contribution in [3.05, 3.63) is 42.0 Å². The number of rotatable bonds is 9. The molecule has 2 aromatic carbocycles. The van der Waals surface area contributed by atoms with Gasteiger partial charge in [0.2, 0.25) is 0 Å². The Hall–Kier alpha value is -2.54. The summed E-state index contributed by atoms with van der Waals surface area (Å²) in [5, 5.41) is 2.74. The molecular formula is C22H27NO5S. The first-order valence-corrected chi connectivity index (χ1v) is 10.5. The van der Waals surface area contributed by atoms with E-state index < -0.39 is 11.7 Å². The molecule has 1 N–H and O–H groups in total. The molecule has 1 aliphatic rings. The molecule has 7 heteroatoms. The molecule has 0 bridgehead atoms. The van der Waals surface area contributed by atoms with Crippen molar-refractivity contribution >= 4 is 23.5 Å². The molecule has 0 unspecified atom stereocenters. The summed E-state index contributed by atoms with van der Waals surface area (Å²) in [6.45, 7) is 4.38. The average Bonchev–Trinajstić information content (AvgIpc) is 2.69. The third kappa shape index (κ3) is 5.29. The summed E-state index contributed by atoms with van der Waals surface area (Å²) in [4.78, 5) is 12.8. The van der Waals surface area contributed by atoms with E-state index in [9.17, 15) is 4.79 Å². The van der Waals surface area contributed by atoms with E-state index in [-0.39, 0.29) is 0 Å². The van der Waals surface area contributed by atoms with Gasteiger partial charge in [0, 0.05) is 16.5 Å². The molecule has 1 aliphatic heterocycles. The van der Waals surface area contributed by atoms with Gasteiger partial charge < -0.3 is 18.9 Å². The molecule has 2 aromatic rings. The first kappa shape index (κ1) is 21.2. The van der Waals surface area contributed by atoms with E-state index in [0.29, 0.717) is 6.61 Å². The lowest BCUT2D eigenvalue weighted by atomic mass is 9.95. The van der Waals surface area contributed by atoms with Crippen molar-refractivity contribution in [2.75, 3.05) is 31.9 Å². The van der Waals surface area contributed by atoms with Gasteiger partial charge in [0.25, 0.3) is 0 Å². The van der Waals surface area contributed by atoms with Gasteiger partial charge in [-0.15, -0.1) is 11.8 Å². The quantitative estimate of drug-likeness (QED) is 0.432. The summed E-state index contributed by atoms with van der Waals surface area (Å²) in [5.41, 5.74) is 1.04. The van der Waals surface area contributed by atoms with E-state index in [1.54, 1.807) is 26.0 Å². The number of benzene rings is 2. The smallest absolute Gasteiger partial charge is 0.412 e. The summed E-state index contributed by atoms with van der Waals surface area (Å²) >= 11 is 1.78. The predicted octanol–water partition coefficient (Wildman–Crippen LogP) is 5.45. The van der Waals surface area contributed by atoms with Crippen molar-refractivity contribution in [2.45, 2.75) is 37.2 Å². The van der Waals surface area contributed by atoms with E-state index in [2.05, 4.69) is 5.32 Å². The number of carbonyl (C=O) groups is 1. The van der Waals surface area contributed by atoms with E-state index in [4.69, 9.17) is 18.9 Å². The molecule has 0 saturated heterocycles. The minimum absolute atomic E-state index is 0.438. The Kier molecular flexibility index (Phi) is 6.79. The van der Waals surface area contributed by atoms with Crippen LogP contribution in [0, 0.1) is 0 Å². The molecule has 0 spiro atoms. The lowest BCUT2D eigenvalue weighted by Crippen LogP contribution is -2.34. The maximum Gasteiger partial charge on any atom is 0.412 e. The summed E-state index contributed by atoms with van der Waals surface area (Å²) in [7, 11) is 3.28. The lowest BCUT2D eigenvalue weighted by molar-refractivity contribution is 0.0420. The summed E-state index contributed by atoms with van der Waals surface area (Å²) in [5.74, 6) is 3.22. The van der Waals surface area contributed by atoms with Crippen LogP contribution in [0.3, 0.4) is 0 Å². The SMILES string of the molecule is COc1ccc(SCCCCOc2ccc3c(c2)NC(=O)OC3(C)C)cc1OC. The Labute approximate surface area is 175 Å². The van der Waals surface area contributed by atoms with Gasteiger partial charge in [-0.25, -0.2) is 4.79 Å². The third-order valence-electron chi connectivity index (χ3n) is 4.66. The second-order valence-electron chi connectivity index (χ2n) is 7.15. The highest BCUT2D eigenvalue weighted by atomic mass is 32.2. The first-order valence-electron chi connectivity index (χ1n) is 9.55. The number of methoxy groups -OCH3 is 2. The number of thioether (sulfide) groups is 1. The van der Waals surface area contributed by atoms with Crippen molar-refractivity contribution in [1.29, 1.82) is 0 Å². The molecular weight excluding hydrogens is 390 g/mol. The van der Waals surface area contributed by atoms with Crippen LogP contribution in [-0.4, -0.2) is 32.7 Å². The number of anilines is 1. The zero-order valence-electron chi connectivity index (χ0n) is 17.2.